The number of aliphatic hydroxyl groups is 1. The number of benzene rings is 2. The van der Waals surface area contributed by atoms with Gasteiger partial charge in [0.25, 0.3) is 0 Å². The molecule has 1 amide bonds. The van der Waals surface area contributed by atoms with Crippen molar-refractivity contribution in [2.75, 3.05) is 19.8 Å². The fourth-order valence-electron chi connectivity index (χ4n) is 3.72. The number of unbranched alkanes of at least 4 members (excludes halogenated alkanes) is 1. The quantitative estimate of drug-likeness (QED) is 0.559. The predicted octanol–water partition coefficient (Wildman–Crippen LogP) is 5.36. The van der Waals surface area contributed by atoms with Crippen LogP contribution in [0.25, 0.3) is 0 Å². The summed E-state index contributed by atoms with van der Waals surface area (Å²) in [6, 6.07) is 17.9. The topological polar surface area (TPSA) is 68.2 Å². The van der Waals surface area contributed by atoms with Crippen LogP contribution in [0.4, 0.5) is 4.79 Å². The van der Waals surface area contributed by atoms with Crippen LogP contribution >= 0.6 is 0 Å². The monoisotopic (exact) mass is 441 g/mol. The normalized spacial score (nSPS) is 18.8. The highest BCUT2D eigenvalue weighted by Gasteiger charge is 2.33. The molecule has 174 valence electrons. The van der Waals surface area contributed by atoms with E-state index in [0.29, 0.717) is 26.2 Å². The molecule has 6 heteroatoms. The van der Waals surface area contributed by atoms with E-state index in [-0.39, 0.29) is 5.92 Å². The third kappa shape index (κ3) is 7.45. The fraction of sp³-hybridized carbons (Fsp3) is 0.500. The van der Waals surface area contributed by atoms with Crippen molar-refractivity contribution in [1.82, 2.24) is 4.90 Å². The standard InChI is InChI=1S/C26H35NO5/c1-26(2,3)32-25(29)27-16-15-21(19-24(27)28)20-11-13-23(14-12-20)31-18-8-7-17-30-22-9-5-4-6-10-22/h4-6,9-14,21,24,28H,7-8,15-19H2,1-3H3. The Morgan fingerprint density at radius 3 is 2.12 bits per heavy atom. The summed E-state index contributed by atoms with van der Waals surface area (Å²) in [6.07, 6.45) is 1.85. The molecule has 0 aromatic heterocycles. The highest BCUT2D eigenvalue weighted by Crippen LogP contribution is 2.32. The van der Waals surface area contributed by atoms with Gasteiger partial charge in [0, 0.05) is 6.54 Å². The molecule has 0 radical (unpaired) electrons. The van der Waals surface area contributed by atoms with Crippen LogP contribution in [0, 0.1) is 0 Å². The summed E-state index contributed by atoms with van der Waals surface area (Å²) in [5, 5.41) is 10.5. The molecule has 32 heavy (non-hydrogen) atoms. The molecule has 0 spiro atoms. The van der Waals surface area contributed by atoms with E-state index in [2.05, 4.69) is 0 Å². The van der Waals surface area contributed by atoms with Gasteiger partial charge in [0.05, 0.1) is 13.2 Å². The first-order valence-electron chi connectivity index (χ1n) is 11.4. The van der Waals surface area contributed by atoms with Gasteiger partial charge in [-0.15, -0.1) is 0 Å². The highest BCUT2D eigenvalue weighted by molar-refractivity contribution is 5.68. The van der Waals surface area contributed by atoms with Gasteiger partial charge in [0.1, 0.15) is 23.3 Å². The van der Waals surface area contributed by atoms with Crippen LogP contribution in [0.2, 0.25) is 0 Å². The lowest BCUT2D eigenvalue weighted by Crippen LogP contribution is -2.47. The molecule has 2 aromatic rings. The summed E-state index contributed by atoms with van der Waals surface area (Å²) >= 11 is 0. The smallest absolute Gasteiger partial charge is 0.412 e. The molecule has 0 bridgehead atoms. The van der Waals surface area contributed by atoms with Crippen molar-refractivity contribution in [2.24, 2.45) is 0 Å². The lowest BCUT2D eigenvalue weighted by atomic mass is 9.88. The first kappa shape index (κ1) is 23.9. The van der Waals surface area contributed by atoms with E-state index in [1.807, 2.05) is 75.4 Å². The number of rotatable bonds is 8. The summed E-state index contributed by atoms with van der Waals surface area (Å²) in [7, 11) is 0. The summed E-state index contributed by atoms with van der Waals surface area (Å²) in [6.45, 7) is 7.27. The van der Waals surface area contributed by atoms with E-state index in [4.69, 9.17) is 14.2 Å². The minimum atomic E-state index is -0.836. The second-order valence-corrected chi connectivity index (χ2v) is 9.16. The van der Waals surface area contributed by atoms with Gasteiger partial charge in [0.15, 0.2) is 0 Å². The number of ether oxygens (including phenoxy) is 3. The molecule has 3 rings (SSSR count). The van der Waals surface area contributed by atoms with Gasteiger partial charge in [-0.05, 0) is 82.2 Å². The molecule has 1 aliphatic heterocycles. The molecular weight excluding hydrogens is 406 g/mol. The Morgan fingerprint density at radius 2 is 1.56 bits per heavy atom. The molecule has 2 unspecified atom stereocenters. The van der Waals surface area contributed by atoms with E-state index in [1.165, 1.54) is 4.90 Å². The van der Waals surface area contributed by atoms with Crippen LogP contribution in [0.5, 0.6) is 11.5 Å². The van der Waals surface area contributed by atoms with Gasteiger partial charge in [-0.2, -0.15) is 0 Å². The van der Waals surface area contributed by atoms with Gasteiger partial charge in [-0.25, -0.2) is 4.79 Å². The van der Waals surface area contributed by atoms with Crippen LogP contribution in [-0.4, -0.2) is 47.7 Å². The molecule has 1 fully saturated rings. The Bertz CT molecular complexity index is 832. The van der Waals surface area contributed by atoms with Crippen molar-refractivity contribution in [3.8, 4) is 11.5 Å². The number of likely N-dealkylation sites (tertiary alicyclic amines) is 1. The minimum Gasteiger partial charge on any atom is -0.494 e. The SMILES string of the molecule is CC(C)(C)OC(=O)N1CCC(c2ccc(OCCCCOc3ccccc3)cc2)CC1O. The zero-order valence-corrected chi connectivity index (χ0v) is 19.3. The molecule has 6 nitrogen and oxygen atoms in total. The molecule has 1 aliphatic rings. The predicted molar refractivity (Wildman–Crippen MR) is 124 cm³/mol. The summed E-state index contributed by atoms with van der Waals surface area (Å²) in [5.74, 6) is 1.93. The van der Waals surface area contributed by atoms with Crippen LogP contribution in [0.3, 0.4) is 0 Å². The maximum atomic E-state index is 12.3. The number of hydrogen-bond donors (Lipinski definition) is 1. The third-order valence-corrected chi connectivity index (χ3v) is 5.37. The van der Waals surface area contributed by atoms with Crippen molar-refractivity contribution in [3.63, 3.8) is 0 Å². The molecule has 1 N–H and O–H groups in total. The zero-order valence-electron chi connectivity index (χ0n) is 19.3. The maximum absolute atomic E-state index is 12.3. The Kier molecular flexibility index (Phi) is 8.39. The molecule has 2 atom stereocenters. The van der Waals surface area contributed by atoms with Gasteiger partial charge in [0.2, 0.25) is 0 Å². The number of amides is 1. The lowest BCUT2D eigenvalue weighted by Gasteiger charge is -2.37. The van der Waals surface area contributed by atoms with E-state index in [9.17, 15) is 9.90 Å². The minimum absolute atomic E-state index is 0.202. The third-order valence-electron chi connectivity index (χ3n) is 5.37. The van der Waals surface area contributed by atoms with Crippen molar-refractivity contribution in [1.29, 1.82) is 0 Å². The second kappa shape index (κ2) is 11.2. The fourth-order valence-corrected chi connectivity index (χ4v) is 3.72. The van der Waals surface area contributed by atoms with Gasteiger partial charge < -0.3 is 19.3 Å². The number of aliphatic hydroxyl groups excluding tert-OH is 1. The molecule has 2 aromatic carbocycles. The van der Waals surface area contributed by atoms with Gasteiger partial charge in [-0.1, -0.05) is 30.3 Å². The van der Waals surface area contributed by atoms with E-state index in [1.54, 1.807) is 0 Å². The average Bonchev–Trinajstić information content (AvgIpc) is 2.76. The van der Waals surface area contributed by atoms with Gasteiger partial charge in [-0.3, -0.25) is 4.90 Å². The second-order valence-electron chi connectivity index (χ2n) is 9.16. The van der Waals surface area contributed by atoms with Crippen molar-refractivity contribution >= 4 is 6.09 Å². The number of carbonyl (C=O) groups excluding carboxylic acids is 1. The highest BCUT2D eigenvalue weighted by atomic mass is 16.6. The summed E-state index contributed by atoms with van der Waals surface area (Å²) < 4.78 is 16.9. The number of para-hydroxylation sites is 1. The number of piperidine rings is 1. The molecule has 0 saturated carbocycles. The molecule has 1 saturated heterocycles. The first-order valence-corrected chi connectivity index (χ1v) is 11.4. The number of carbonyl (C=O) groups is 1. The first-order chi connectivity index (χ1) is 15.3. The zero-order chi connectivity index (χ0) is 23.0. The number of hydrogen-bond acceptors (Lipinski definition) is 5. The number of nitrogens with zero attached hydrogens (tertiary/aromatic N) is 1. The summed E-state index contributed by atoms with van der Waals surface area (Å²) in [5.41, 5.74) is 0.579. The Hall–Kier alpha value is -2.73. The molecular formula is C26H35NO5. The van der Waals surface area contributed by atoms with Crippen LogP contribution in [0.15, 0.2) is 54.6 Å². The van der Waals surface area contributed by atoms with Crippen LogP contribution in [0.1, 0.15) is 57.9 Å². The van der Waals surface area contributed by atoms with Crippen molar-refractivity contribution in [2.45, 2.75) is 64.2 Å². The van der Waals surface area contributed by atoms with E-state index in [0.717, 1.165) is 36.3 Å². The maximum Gasteiger partial charge on any atom is 0.412 e. The van der Waals surface area contributed by atoms with Crippen LogP contribution < -0.4 is 9.47 Å². The molecule has 1 heterocycles. The average molecular weight is 442 g/mol. The van der Waals surface area contributed by atoms with Crippen molar-refractivity contribution in [3.05, 3.63) is 60.2 Å². The lowest BCUT2D eigenvalue weighted by molar-refractivity contribution is -0.0492. The summed E-state index contributed by atoms with van der Waals surface area (Å²) in [4.78, 5) is 13.7. The van der Waals surface area contributed by atoms with Crippen molar-refractivity contribution < 1.29 is 24.1 Å². The Labute approximate surface area is 191 Å². The van der Waals surface area contributed by atoms with E-state index < -0.39 is 17.9 Å². The van der Waals surface area contributed by atoms with E-state index >= 15 is 0 Å². The molecule has 0 aliphatic carbocycles. The largest absolute Gasteiger partial charge is 0.494 e. The van der Waals surface area contributed by atoms with Crippen LogP contribution in [-0.2, 0) is 4.74 Å². The Morgan fingerprint density at radius 1 is 0.969 bits per heavy atom. The Balaban J connectivity index is 1.37. The van der Waals surface area contributed by atoms with Gasteiger partial charge >= 0.3 is 6.09 Å².